The number of rotatable bonds is 7. The number of hydrogen-bond donors (Lipinski definition) is 5. The number of nitrogens with two attached hydrogens (primary N) is 2. The molecule has 0 aliphatic heterocycles. The average Bonchev–Trinajstić information content (AvgIpc) is 3.27. The molecular weight excluding hydrogens is 466 g/mol. The molecule has 0 unspecified atom stereocenters. The van der Waals surface area contributed by atoms with Gasteiger partial charge in [0.25, 0.3) is 11.5 Å². The highest BCUT2D eigenvalue weighted by molar-refractivity contribution is 7.18. The van der Waals surface area contributed by atoms with Gasteiger partial charge in [-0.1, -0.05) is 30.3 Å². The fraction of sp³-hybridized carbons (Fsp3) is 0.125. The molecule has 4 rings (SSSR count). The Morgan fingerprint density at radius 3 is 2.77 bits per heavy atom. The Bertz CT molecular complexity index is 1530. The predicted molar refractivity (Wildman–Crippen MR) is 138 cm³/mol. The summed E-state index contributed by atoms with van der Waals surface area (Å²) in [4.78, 5) is 49.1. The van der Waals surface area contributed by atoms with Crippen LogP contribution in [0.5, 0.6) is 0 Å². The van der Waals surface area contributed by atoms with Crippen LogP contribution in [0.4, 0.5) is 5.69 Å². The van der Waals surface area contributed by atoms with Crippen molar-refractivity contribution in [2.75, 3.05) is 5.73 Å². The first-order chi connectivity index (χ1) is 16.9. The van der Waals surface area contributed by atoms with Crippen LogP contribution in [0.15, 0.2) is 69.3 Å². The number of thiazole rings is 1. The van der Waals surface area contributed by atoms with E-state index < -0.39 is 23.2 Å². The van der Waals surface area contributed by atoms with Crippen LogP contribution < -0.4 is 28.0 Å². The second-order valence-corrected chi connectivity index (χ2v) is 8.80. The number of aromatic nitrogens is 3. The molecule has 0 fully saturated rings. The molecule has 11 heteroatoms. The third kappa shape index (κ3) is 5.36. The van der Waals surface area contributed by atoms with E-state index in [0.717, 1.165) is 26.4 Å². The molecule has 0 aliphatic carbocycles. The van der Waals surface area contributed by atoms with E-state index in [1.807, 2.05) is 53.5 Å². The average molecular weight is 490 g/mol. The number of para-hydroxylation sites is 1. The number of benzene rings is 2. The number of aromatic amines is 2. The van der Waals surface area contributed by atoms with Crippen molar-refractivity contribution in [1.29, 1.82) is 0 Å². The third-order valence-corrected chi connectivity index (χ3v) is 6.27. The molecule has 2 aromatic heterocycles. The van der Waals surface area contributed by atoms with Gasteiger partial charge in [0.1, 0.15) is 16.4 Å². The molecule has 0 spiro atoms. The number of H-pyrrole nitrogens is 2. The number of carbonyl (C=O) groups is 1. The van der Waals surface area contributed by atoms with Gasteiger partial charge in [-0.25, -0.2) is 9.78 Å². The van der Waals surface area contributed by atoms with E-state index in [9.17, 15) is 14.4 Å². The zero-order chi connectivity index (χ0) is 24.9. The lowest BCUT2D eigenvalue weighted by atomic mass is 10.0. The minimum absolute atomic E-state index is 0.286. The van der Waals surface area contributed by atoms with Gasteiger partial charge in [0.2, 0.25) is 0 Å². The van der Waals surface area contributed by atoms with Gasteiger partial charge in [-0.2, -0.15) is 0 Å². The van der Waals surface area contributed by atoms with Crippen LogP contribution in [0.25, 0.3) is 15.8 Å². The molecule has 0 radical (unpaired) electrons. The van der Waals surface area contributed by atoms with Gasteiger partial charge in [0, 0.05) is 18.0 Å². The summed E-state index contributed by atoms with van der Waals surface area (Å²) in [6.45, 7) is 2.20. The smallest absolute Gasteiger partial charge is 0.326 e. The highest BCUT2D eigenvalue weighted by atomic mass is 32.1. The Hall–Kier alpha value is -4.51. The SMILES string of the molecule is C[C@@H](NC(=O)c1[nH]c(=O)[nH]c(=O)c1N)c1cccc(C(C=NCc2nc3ccccc3s2)=CN)c1. The van der Waals surface area contributed by atoms with Gasteiger partial charge in [0.05, 0.1) is 22.8 Å². The number of hydrogen-bond acceptors (Lipinski definition) is 8. The van der Waals surface area contributed by atoms with Crippen LogP contribution in [0.1, 0.15) is 39.6 Å². The zero-order valence-electron chi connectivity index (χ0n) is 18.7. The molecule has 10 nitrogen and oxygen atoms in total. The second-order valence-electron chi connectivity index (χ2n) is 7.68. The van der Waals surface area contributed by atoms with Gasteiger partial charge >= 0.3 is 5.69 Å². The molecule has 0 saturated heterocycles. The number of allylic oxidation sites excluding steroid dienone is 1. The van der Waals surface area contributed by atoms with Crippen LogP contribution in [0, 0.1) is 0 Å². The first kappa shape index (κ1) is 23.6. The topological polar surface area (TPSA) is 172 Å². The molecule has 35 heavy (non-hydrogen) atoms. The van der Waals surface area contributed by atoms with Gasteiger partial charge in [-0.05, 0) is 36.2 Å². The van der Waals surface area contributed by atoms with Crippen molar-refractivity contribution in [3.8, 4) is 0 Å². The number of nitrogen functional groups attached to an aromatic ring is 1. The standard InChI is InChI=1S/C24H23N7O3S/c1-13(28-23(33)21-20(26)22(32)31-24(34)30-21)14-5-4-6-15(9-14)16(10-25)11-27-12-19-29-17-7-2-3-8-18(17)35-19/h2-11,13H,12,25-26H2,1H3,(H,28,33)(H2,30,31,32,34)/t13-/m1/s1. The molecule has 178 valence electrons. The van der Waals surface area contributed by atoms with Gasteiger partial charge in [0.15, 0.2) is 0 Å². The fourth-order valence-electron chi connectivity index (χ4n) is 3.44. The Balaban J connectivity index is 1.47. The molecule has 2 heterocycles. The highest BCUT2D eigenvalue weighted by Crippen LogP contribution is 2.23. The maximum Gasteiger partial charge on any atom is 0.326 e. The minimum Gasteiger partial charge on any atom is -0.404 e. The Labute approximate surface area is 203 Å². The molecule has 0 aliphatic rings. The number of amides is 1. The van der Waals surface area contributed by atoms with Crippen molar-refractivity contribution in [2.24, 2.45) is 10.7 Å². The largest absolute Gasteiger partial charge is 0.404 e. The van der Waals surface area contributed by atoms with Crippen molar-refractivity contribution in [3.05, 3.63) is 97.4 Å². The van der Waals surface area contributed by atoms with Crippen molar-refractivity contribution >= 4 is 44.9 Å². The quantitative estimate of drug-likeness (QED) is 0.249. The lowest BCUT2D eigenvalue weighted by Crippen LogP contribution is -2.34. The Kier molecular flexibility index (Phi) is 6.88. The van der Waals surface area contributed by atoms with Crippen molar-refractivity contribution in [3.63, 3.8) is 0 Å². The fourth-order valence-corrected chi connectivity index (χ4v) is 4.34. The molecular formula is C24H23N7O3S. The monoisotopic (exact) mass is 489 g/mol. The van der Waals surface area contributed by atoms with Crippen LogP contribution >= 0.6 is 11.3 Å². The van der Waals surface area contributed by atoms with Crippen LogP contribution in [-0.2, 0) is 6.54 Å². The highest BCUT2D eigenvalue weighted by Gasteiger charge is 2.17. The third-order valence-electron chi connectivity index (χ3n) is 5.25. The van der Waals surface area contributed by atoms with Crippen LogP contribution in [-0.4, -0.2) is 27.1 Å². The molecule has 7 N–H and O–H groups in total. The summed E-state index contributed by atoms with van der Waals surface area (Å²) < 4.78 is 1.11. The lowest BCUT2D eigenvalue weighted by Gasteiger charge is -2.16. The molecule has 4 aromatic rings. The number of aliphatic imine (C=N–C) groups is 1. The van der Waals surface area contributed by atoms with Crippen molar-refractivity contribution in [1.82, 2.24) is 20.3 Å². The normalized spacial score (nSPS) is 12.8. The Morgan fingerprint density at radius 1 is 1.20 bits per heavy atom. The summed E-state index contributed by atoms with van der Waals surface area (Å²) in [5.41, 5.74) is 12.5. The minimum atomic E-state index is -0.823. The first-order valence-electron chi connectivity index (χ1n) is 10.6. The molecule has 1 atom stereocenters. The number of carbonyl (C=O) groups excluding carboxylic acids is 1. The van der Waals surface area contributed by atoms with Gasteiger partial charge in [-0.3, -0.25) is 19.6 Å². The van der Waals surface area contributed by atoms with E-state index >= 15 is 0 Å². The molecule has 1 amide bonds. The maximum absolute atomic E-state index is 12.6. The summed E-state index contributed by atoms with van der Waals surface area (Å²) in [5, 5.41) is 3.64. The summed E-state index contributed by atoms with van der Waals surface area (Å²) in [7, 11) is 0. The number of fused-ring (bicyclic) bond motifs is 1. The maximum atomic E-state index is 12.6. The lowest BCUT2D eigenvalue weighted by molar-refractivity contribution is 0.0935. The van der Waals surface area contributed by atoms with E-state index in [2.05, 4.69) is 20.3 Å². The van der Waals surface area contributed by atoms with Crippen molar-refractivity contribution < 1.29 is 4.79 Å². The number of anilines is 1. The van der Waals surface area contributed by atoms with Crippen LogP contribution in [0.3, 0.4) is 0 Å². The van der Waals surface area contributed by atoms with E-state index in [1.165, 1.54) is 6.20 Å². The van der Waals surface area contributed by atoms with E-state index in [4.69, 9.17) is 11.5 Å². The van der Waals surface area contributed by atoms with Crippen molar-refractivity contribution in [2.45, 2.75) is 19.5 Å². The number of nitrogens with zero attached hydrogens (tertiary/aromatic N) is 2. The summed E-state index contributed by atoms with van der Waals surface area (Å²) in [6.07, 6.45) is 3.15. The van der Waals surface area contributed by atoms with E-state index in [-0.39, 0.29) is 11.4 Å². The van der Waals surface area contributed by atoms with E-state index in [0.29, 0.717) is 12.1 Å². The Morgan fingerprint density at radius 2 is 2.00 bits per heavy atom. The first-order valence-corrected chi connectivity index (χ1v) is 11.5. The second kappa shape index (κ2) is 10.2. The van der Waals surface area contributed by atoms with Gasteiger partial charge < -0.3 is 21.8 Å². The van der Waals surface area contributed by atoms with E-state index in [1.54, 1.807) is 24.5 Å². The van der Waals surface area contributed by atoms with Crippen LogP contribution in [0.2, 0.25) is 0 Å². The molecule has 0 bridgehead atoms. The molecule has 0 saturated carbocycles. The summed E-state index contributed by atoms with van der Waals surface area (Å²) in [6, 6.07) is 14.9. The molecule has 2 aromatic carbocycles. The summed E-state index contributed by atoms with van der Waals surface area (Å²) >= 11 is 1.60. The zero-order valence-corrected chi connectivity index (χ0v) is 19.6. The predicted octanol–water partition coefficient (Wildman–Crippen LogP) is 2.32. The van der Waals surface area contributed by atoms with Gasteiger partial charge in [-0.15, -0.1) is 11.3 Å². The number of nitrogens with one attached hydrogen (secondary N) is 3. The summed E-state index contributed by atoms with van der Waals surface area (Å²) in [5.74, 6) is -0.671.